The molecule has 1 heterocycles. The molecule has 0 saturated heterocycles. The molecule has 0 aliphatic rings. The second-order valence-electron chi connectivity index (χ2n) is 9.42. The van der Waals surface area contributed by atoms with Crippen LogP contribution >= 0.6 is 0 Å². The molecule has 35 heavy (non-hydrogen) atoms. The average molecular weight is 472 g/mol. The minimum atomic E-state index is -0.701. The molecule has 0 bridgehead atoms. The van der Waals surface area contributed by atoms with Gasteiger partial charge in [0.05, 0.1) is 19.3 Å². The van der Waals surface area contributed by atoms with Gasteiger partial charge in [-0.2, -0.15) is 0 Å². The maximum Gasteiger partial charge on any atom is 0.248 e. The number of ether oxygens (including phenoxy) is 1. The Morgan fingerprint density at radius 3 is 2.54 bits per heavy atom. The van der Waals surface area contributed by atoms with Crippen LogP contribution in [0.3, 0.4) is 0 Å². The number of benzene rings is 3. The quantitative estimate of drug-likeness (QED) is 0.319. The van der Waals surface area contributed by atoms with Gasteiger partial charge in [-0.05, 0) is 67.1 Å². The highest BCUT2D eigenvalue weighted by Crippen LogP contribution is 2.28. The predicted octanol–water partition coefficient (Wildman–Crippen LogP) is 4.42. The van der Waals surface area contributed by atoms with E-state index >= 15 is 0 Å². The fourth-order valence-electron chi connectivity index (χ4n) is 4.48. The molecule has 0 radical (unpaired) electrons. The van der Waals surface area contributed by atoms with E-state index in [1.807, 2.05) is 60.8 Å². The maximum absolute atomic E-state index is 11.8. The van der Waals surface area contributed by atoms with Crippen LogP contribution in [0.1, 0.15) is 41.4 Å². The lowest BCUT2D eigenvalue weighted by atomic mass is 9.93. The normalized spacial score (nSPS) is 13.5. The van der Waals surface area contributed by atoms with Gasteiger partial charge in [-0.25, -0.2) is 0 Å². The van der Waals surface area contributed by atoms with Crippen molar-refractivity contribution in [1.82, 2.24) is 9.88 Å². The van der Waals surface area contributed by atoms with E-state index in [0.717, 1.165) is 27.8 Å². The number of primary amides is 1. The van der Waals surface area contributed by atoms with E-state index < -0.39 is 12.0 Å². The Labute approximate surface area is 206 Å². The third-order valence-corrected chi connectivity index (χ3v) is 6.64. The largest absolute Gasteiger partial charge is 0.497 e. The van der Waals surface area contributed by atoms with E-state index in [-0.39, 0.29) is 11.6 Å². The van der Waals surface area contributed by atoms with Crippen LogP contribution in [0.15, 0.2) is 85.1 Å². The lowest BCUT2D eigenvalue weighted by Gasteiger charge is -2.32. The smallest absolute Gasteiger partial charge is 0.248 e. The number of carbonyl (C=O) groups is 1. The van der Waals surface area contributed by atoms with E-state index in [2.05, 4.69) is 35.9 Å². The number of fused-ring (bicyclic) bond motifs is 1. The molecule has 2 atom stereocenters. The van der Waals surface area contributed by atoms with Gasteiger partial charge in [0.15, 0.2) is 0 Å². The van der Waals surface area contributed by atoms with Crippen LogP contribution < -0.4 is 15.8 Å². The first kappa shape index (κ1) is 24.5. The van der Waals surface area contributed by atoms with Crippen molar-refractivity contribution in [2.24, 2.45) is 5.73 Å². The molecule has 4 N–H and O–H groups in total. The van der Waals surface area contributed by atoms with Crippen molar-refractivity contribution in [3.05, 3.63) is 102 Å². The van der Waals surface area contributed by atoms with Crippen molar-refractivity contribution in [2.75, 3.05) is 13.7 Å². The molecule has 3 aromatic carbocycles. The summed E-state index contributed by atoms with van der Waals surface area (Å²) in [6.07, 6.45) is 1.90. The molecule has 6 heteroatoms. The number of aromatic nitrogens is 1. The van der Waals surface area contributed by atoms with Crippen molar-refractivity contribution >= 4 is 16.8 Å². The molecule has 1 aromatic heterocycles. The topological polar surface area (TPSA) is 89.5 Å². The fraction of sp³-hybridized carbons (Fsp3) is 0.276. The lowest BCUT2D eigenvalue weighted by Crippen LogP contribution is -2.44. The predicted molar refractivity (Wildman–Crippen MR) is 140 cm³/mol. The number of carbonyl (C=O) groups excluding carboxylic acids is 1. The number of nitrogens with two attached hydrogens (primary N) is 1. The van der Waals surface area contributed by atoms with Crippen LogP contribution in [0.25, 0.3) is 10.9 Å². The van der Waals surface area contributed by atoms with Crippen molar-refractivity contribution < 1.29 is 14.6 Å². The van der Waals surface area contributed by atoms with Crippen LogP contribution in [-0.2, 0) is 12.0 Å². The Bertz CT molecular complexity index is 1300. The molecule has 0 aliphatic heterocycles. The Kier molecular flexibility index (Phi) is 7.24. The van der Waals surface area contributed by atoms with E-state index in [1.54, 1.807) is 19.2 Å². The third-order valence-electron chi connectivity index (χ3n) is 6.64. The third kappa shape index (κ3) is 5.56. The fourth-order valence-corrected chi connectivity index (χ4v) is 4.48. The highest BCUT2D eigenvalue weighted by atomic mass is 16.5. The Morgan fingerprint density at radius 1 is 1.06 bits per heavy atom. The van der Waals surface area contributed by atoms with Crippen LogP contribution in [0.4, 0.5) is 0 Å². The summed E-state index contributed by atoms with van der Waals surface area (Å²) in [6.45, 7) is 4.55. The van der Waals surface area contributed by atoms with Crippen LogP contribution in [-0.4, -0.2) is 35.3 Å². The minimum absolute atomic E-state index is 0.258. The molecule has 0 unspecified atom stereocenters. The number of nitrogens with zero attached hydrogens (tertiary/aromatic N) is 1. The van der Waals surface area contributed by atoms with Crippen LogP contribution in [0.2, 0.25) is 0 Å². The first-order valence-electron chi connectivity index (χ1n) is 11.8. The lowest BCUT2D eigenvalue weighted by molar-refractivity contribution is 0.1000. The van der Waals surface area contributed by atoms with Gasteiger partial charge in [0, 0.05) is 29.4 Å². The zero-order chi connectivity index (χ0) is 25.0. The SMILES string of the molecule is COc1cccc(C(C)(C)NC[C@@H](O)[C@H](Cc2ccccc2)n2ccc3ccc(C(N)=O)cc32)c1. The summed E-state index contributed by atoms with van der Waals surface area (Å²) in [5.41, 5.74) is 8.66. The van der Waals surface area contributed by atoms with Crippen LogP contribution in [0.5, 0.6) is 5.75 Å². The van der Waals surface area contributed by atoms with E-state index in [4.69, 9.17) is 10.5 Å². The second kappa shape index (κ2) is 10.3. The Morgan fingerprint density at radius 2 is 1.83 bits per heavy atom. The molecule has 0 saturated carbocycles. The molecule has 6 nitrogen and oxygen atoms in total. The van der Waals surface area contributed by atoms with Gasteiger partial charge in [0.1, 0.15) is 5.75 Å². The Hall–Kier alpha value is -3.61. The molecule has 4 aromatic rings. The Balaban J connectivity index is 1.63. The number of aliphatic hydroxyl groups is 1. The highest BCUT2D eigenvalue weighted by Gasteiger charge is 2.27. The minimum Gasteiger partial charge on any atom is -0.497 e. The molecular weight excluding hydrogens is 438 g/mol. The standard InChI is InChI=1S/C29H33N3O3/c1-29(2,23-10-7-11-24(18-23)35-3)31-19-27(33)26(16-20-8-5-4-6-9-20)32-15-14-21-12-13-22(28(30)34)17-25(21)32/h4-15,17-18,26-27,31,33H,16,19H2,1-3H3,(H2,30,34)/t26-,27+/m0/s1. The van der Waals surface area contributed by atoms with Crippen molar-refractivity contribution in [3.63, 3.8) is 0 Å². The summed E-state index contributed by atoms with van der Waals surface area (Å²) in [6, 6.07) is 25.2. The highest BCUT2D eigenvalue weighted by molar-refractivity contribution is 5.97. The average Bonchev–Trinajstić information content (AvgIpc) is 3.29. The number of hydrogen-bond donors (Lipinski definition) is 3. The summed E-state index contributed by atoms with van der Waals surface area (Å²) in [4.78, 5) is 11.8. The monoisotopic (exact) mass is 471 g/mol. The van der Waals surface area contributed by atoms with E-state index in [9.17, 15) is 9.90 Å². The summed E-state index contributed by atoms with van der Waals surface area (Å²) in [5, 5.41) is 16.0. The van der Waals surface area contributed by atoms with E-state index in [1.165, 1.54) is 0 Å². The zero-order valence-corrected chi connectivity index (χ0v) is 20.4. The number of nitrogens with one attached hydrogen (secondary N) is 1. The molecule has 0 spiro atoms. The first-order chi connectivity index (χ1) is 16.8. The maximum atomic E-state index is 11.8. The summed E-state index contributed by atoms with van der Waals surface area (Å²) in [7, 11) is 1.66. The summed E-state index contributed by atoms with van der Waals surface area (Å²) < 4.78 is 7.44. The van der Waals surface area contributed by atoms with Gasteiger partial charge in [0.25, 0.3) is 0 Å². The van der Waals surface area contributed by atoms with Gasteiger partial charge >= 0.3 is 0 Å². The van der Waals surface area contributed by atoms with Crippen molar-refractivity contribution in [2.45, 2.75) is 38.0 Å². The van der Waals surface area contributed by atoms with Gasteiger partial charge in [-0.3, -0.25) is 4.79 Å². The number of amides is 1. The van der Waals surface area contributed by atoms with E-state index in [0.29, 0.717) is 18.5 Å². The van der Waals surface area contributed by atoms with Crippen molar-refractivity contribution in [1.29, 1.82) is 0 Å². The van der Waals surface area contributed by atoms with Crippen LogP contribution in [0, 0.1) is 0 Å². The molecule has 4 rings (SSSR count). The first-order valence-corrected chi connectivity index (χ1v) is 11.8. The zero-order valence-electron chi connectivity index (χ0n) is 20.4. The molecule has 0 fully saturated rings. The van der Waals surface area contributed by atoms with Gasteiger partial charge < -0.3 is 25.5 Å². The van der Waals surface area contributed by atoms with Gasteiger partial charge in [0.2, 0.25) is 5.91 Å². The number of rotatable bonds is 10. The summed E-state index contributed by atoms with van der Waals surface area (Å²) in [5.74, 6) is 0.324. The second-order valence-corrected chi connectivity index (χ2v) is 9.42. The van der Waals surface area contributed by atoms with Gasteiger partial charge in [-0.1, -0.05) is 48.5 Å². The van der Waals surface area contributed by atoms with Gasteiger partial charge in [-0.15, -0.1) is 0 Å². The number of methoxy groups -OCH3 is 1. The number of aliphatic hydroxyl groups excluding tert-OH is 1. The summed E-state index contributed by atoms with van der Waals surface area (Å²) >= 11 is 0. The molecule has 182 valence electrons. The van der Waals surface area contributed by atoms with Crippen molar-refractivity contribution in [3.8, 4) is 5.75 Å². The molecular formula is C29H33N3O3. The molecule has 1 amide bonds. The molecule has 0 aliphatic carbocycles. The number of hydrogen-bond acceptors (Lipinski definition) is 4.